The van der Waals surface area contributed by atoms with E-state index < -0.39 is 5.41 Å². The van der Waals surface area contributed by atoms with E-state index in [1.807, 2.05) is 0 Å². The Hall–Kier alpha value is -7.02. The zero-order chi connectivity index (χ0) is 35.8. The molecular weight excluding hydrogens is 661 g/mol. The molecule has 0 heterocycles. The Bertz CT molecular complexity index is 3440. The van der Waals surface area contributed by atoms with Crippen molar-refractivity contribution in [2.45, 2.75) is 5.41 Å². The van der Waals surface area contributed by atoms with Crippen molar-refractivity contribution in [3.05, 3.63) is 216 Å². The second-order valence-corrected chi connectivity index (χ2v) is 15.5. The van der Waals surface area contributed by atoms with Gasteiger partial charge in [0.1, 0.15) is 0 Å². The lowest BCUT2D eigenvalue weighted by Gasteiger charge is -2.32. The highest BCUT2D eigenvalue weighted by atomic mass is 14.5. The molecular formula is C55H32. The lowest BCUT2D eigenvalue weighted by Crippen LogP contribution is -2.26. The first kappa shape index (κ1) is 29.4. The molecule has 0 bridgehead atoms. The van der Waals surface area contributed by atoms with Crippen LogP contribution in [0.4, 0.5) is 0 Å². The lowest BCUT2D eigenvalue weighted by molar-refractivity contribution is 0.803. The summed E-state index contributed by atoms with van der Waals surface area (Å²) in [6.45, 7) is 0. The van der Waals surface area contributed by atoms with Gasteiger partial charge in [0, 0.05) is 0 Å². The summed E-state index contributed by atoms with van der Waals surface area (Å²) in [5, 5.41) is 15.5. The highest BCUT2D eigenvalue weighted by molar-refractivity contribution is 6.25. The molecule has 0 saturated carbocycles. The molecule has 2 aliphatic rings. The number of rotatable bonds is 1. The zero-order valence-electron chi connectivity index (χ0n) is 30.0. The molecule has 0 fully saturated rings. The average molecular weight is 693 g/mol. The predicted molar refractivity (Wildman–Crippen MR) is 233 cm³/mol. The van der Waals surface area contributed by atoms with Gasteiger partial charge in [-0.25, -0.2) is 0 Å². The highest BCUT2D eigenvalue weighted by Gasteiger charge is 2.53. The van der Waals surface area contributed by atoms with Crippen molar-refractivity contribution in [3.63, 3.8) is 0 Å². The summed E-state index contributed by atoms with van der Waals surface area (Å²) >= 11 is 0. The fraction of sp³-hybridized carbons (Fsp3) is 0.0182. The topological polar surface area (TPSA) is 0 Å². The normalized spacial score (nSPS) is 13.6. The number of benzene rings is 11. The van der Waals surface area contributed by atoms with Gasteiger partial charge in [0.25, 0.3) is 0 Å². The second-order valence-electron chi connectivity index (χ2n) is 15.5. The Morgan fingerprint density at radius 2 is 0.836 bits per heavy atom. The molecule has 13 rings (SSSR count). The van der Waals surface area contributed by atoms with Gasteiger partial charge in [0.2, 0.25) is 0 Å². The van der Waals surface area contributed by atoms with E-state index in [0.717, 1.165) is 0 Å². The van der Waals surface area contributed by atoms with Crippen LogP contribution in [0.5, 0.6) is 0 Å². The van der Waals surface area contributed by atoms with Crippen molar-refractivity contribution in [1.82, 2.24) is 0 Å². The molecule has 0 aliphatic heterocycles. The van der Waals surface area contributed by atoms with Gasteiger partial charge in [-0.1, -0.05) is 170 Å². The maximum atomic E-state index is 2.50. The van der Waals surface area contributed by atoms with E-state index in [1.165, 1.54) is 120 Å². The molecule has 11 aromatic carbocycles. The first-order valence-electron chi connectivity index (χ1n) is 19.3. The molecule has 11 aromatic rings. The number of hydrogen-bond acceptors (Lipinski definition) is 0. The van der Waals surface area contributed by atoms with E-state index in [4.69, 9.17) is 0 Å². The van der Waals surface area contributed by atoms with Crippen LogP contribution >= 0.6 is 0 Å². The van der Waals surface area contributed by atoms with Gasteiger partial charge in [0.05, 0.1) is 5.41 Å². The second kappa shape index (κ2) is 10.6. The van der Waals surface area contributed by atoms with E-state index in [2.05, 4.69) is 194 Å². The van der Waals surface area contributed by atoms with Crippen LogP contribution in [-0.2, 0) is 5.41 Å². The maximum absolute atomic E-state index is 2.50. The van der Waals surface area contributed by atoms with Crippen LogP contribution in [0, 0.1) is 0 Å². The van der Waals surface area contributed by atoms with Gasteiger partial charge < -0.3 is 0 Å². The highest BCUT2D eigenvalue weighted by Crippen LogP contribution is 2.66. The minimum atomic E-state index is -0.456. The molecule has 55 heavy (non-hydrogen) atoms. The predicted octanol–water partition coefficient (Wildman–Crippen LogP) is 14.6. The fourth-order valence-electron chi connectivity index (χ4n) is 10.8. The Morgan fingerprint density at radius 3 is 1.60 bits per heavy atom. The largest absolute Gasteiger partial charge is 0.0731 e. The minimum absolute atomic E-state index is 0.456. The molecule has 0 heteroatoms. The van der Waals surface area contributed by atoms with E-state index in [1.54, 1.807) is 0 Å². The third-order valence-corrected chi connectivity index (χ3v) is 13.0. The van der Waals surface area contributed by atoms with Crippen molar-refractivity contribution < 1.29 is 0 Å². The van der Waals surface area contributed by atoms with E-state index in [9.17, 15) is 0 Å². The van der Waals surface area contributed by atoms with Crippen molar-refractivity contribution in [2.24, 2.45) is 0 Å². The minimum Gasteiger partial charge on any atom is -0.0619 e. The average Bonchev–Trinajstić information content (AvgIpc) is 3.72. The summed E-state index contributed by atoms with van der Waals surface area (Å²) < 4.78 is 0. The summed E-state index contributed by atoms with van der Waals surface area (Å²) in [5.74, 6) is 0. The summed E-state index contributed by atoms with van der Waals surface area (Å²) in [7, 11) is 0. The van der Waals surface area contributed by atoms with Crippen LogP contribution in [0.15, 0.2) is 194 Å². The van der Waals surface area contributed by atoms with E-state index in [-0.39, 0.29) is 0 Å². The van der Waals surface area contributed by atoms with Crippen molar-refractivity contribution in [3.8, 4) is 33.4 Å². The monoisotopic (exact) mass is 692 g/mol. The maximum Gasteiger partial charge on any atom is 0.0731 e. The van der Waals surface area contributed by atoms with Crippen molar-refractivity contribution in [1.29, 1.82) is 0 Å². The Balaban J connectivity index is 1.19. The van der Waals surface area contributed by atoms with Crippen LogP contribution in [-0.4, -0.2) is 0 Å². The molecule has 0 N–H and O–H groups in total. The van der Waals surface area contributed by atoms with Gasteiger partial charge in [-0.05, 0) is 145 Å². The Labute approximate surface area is 318 Å². The Kier molecular flexibility index (Phi) is 5.65. The molecule has 252 valence electrons. The molecule has 0 radical (unpaired) electrons. The summed E-state index contributed by atoms with van der Waals surface area (Å²) in [4.78, 5) is 0. The molecule has 0 amide bonds. The standard InChI is InChI=1S/C55H32/c1-2-15-35-32-51-48(29-34(35)14-1)53-44-22-8-6-18-40(44)47-30-36(46-31-37-26-25-33-13-3-4-16-38(33)52(37)43-21-7-5-17-39(43)46)27-28-45(47)54(53)55(51)49-23-11-9-19-41(49)42-20-10-12-24-50(42)55/h1-32H. The summed E-state index contributed by atoms with van der Waals surface area (Å²) in [6.07, 6.45) is 0. The van der Waals surface area contributed by atoms with Crippen LogP contribution in [0.1, 0.15) is 22.3 Å². The van der Waals surface area contributed by atoms with Gasteiger partial charge in [-0.15, -0.1) is 0 Å². The molecule has 0 saturated heterocycles. The van der Waals surface area contributed by atoms with Crippen molar-refractivity contribution in [2.75, 3.05) is 0 Å². The fourth-order valence-corrected chi connectivity index (χ4v) is 10.8. The first-order chi connectivity index (χ1) is 27.3. The number of fused-ring (bicyclic) bond motifs is 21. The van der Waals surface area contributed by atoms with Crippen molar-refractivity contribution >= 4 is 64.6 Å². The third kappa shape index (κ3) is 3.67. The molecule has 1 spiro atoms. The van der Waals surface area contributed by atoms with Gasteiger partial charge >= 0.3 is 0 Å². The first-order valence-corrected chi connectivity index (χ1v) is 19.3. The third-order valence-electron chi connectivity index (χ3n) is 13.0. The smallest absolute Gasteiger partial charge is 0.0619 e. The summed E-state index contributed by atoms with van der Waals surface area (Å²) in [5.41, 5.74) is 13.0. The molecule has 0 nitrogen and oxygen atoms in total. The SMILES string of the molecule is c1ccc2c(c1)-c1ccccc1C21c2cc3ccccc3cc2-c2c1c1ccc(-c3cc4ccc5ccccc5c4c4ccccc34)cc1c1ccccc21. The van der Waals surface area contributed by atoms with Crippen LogP contribution in [0.25, 0.3) is 98.0 Å². The van der Waals surface area contributed by atoms with Gasteiger partial charge in [-0.3, -0.25) is 0 Å². The lowest BCUT2D eigenvalue weighted by atomic mass is 9.69. The van der Waals surface area contributed by atoms with E-state index in [0.29, 0.717) is 0 Å². The zero-order valence-corrected chi connectivity index (χ0v) is 30.0. The molecule has 2 aliphatic carbocycles. The number of hydrogen-bond donors (Lipinski definition) is 0. The molecule has 0 aromatic heterocycles. The molecule has 0 unspecified atom stereocenters. The van der Waals surface area contributed by atoms with Gasteiger partial charge in [-0.2, -0.15) is 0 Å². The molecule has 0 atom stereocenters. The van der Waals surface area contributed by atoms with E-state index >= 15 is 0 Å². The van der Waals surface area contributed by atoms with Crippen LogP contribution < -0.4 is 0 Å². The van der Waals surface area contributed by atoms with Crippen LogP contribution in [0.2, 0.25) is 0 Å². The quantitative estimate of drug-likeness (QED) is 0.150. The summed E-state index contributed by atoms with van der Waals surface area (Å²) in [6, 6.07) is 73.4. The van der Waals surface area contributed by atoms with Crippen LogP contribution in [0.3, 0.4) is 0 Å². The van der Waals surface area contributed by atoms with Gasteiger partial charge in [0.15, 0.2) is 0 Å². The Morgan fingerprint density at radius 1 is 0.273 bits per heavy atom.